The summed E-state index contributed by atoms with van der Waals surface area (Å²) in [6.07, 6.45) is 0.141. The largest absolute Gasteiger partial charge is 0.508 e. The highest BCUT2D eigenvalue weighted by Crippen LogP contribution is 2.24. The Morgan fingerprint density at radius 1 is 1.20 bits per heavy atom. The summed E-state index contributed by atoms with van der Waals surface area (Å²) in [5, 5.41) is 13.6. The van der Waals surface area contributed by atoms with E-state index in [1.807, 2.05) is 38.1 Å². The molecule has 2 N–H and O–H groups in total. The Labute approximate surface area is 124 Å². The Balaban J connectivity index is 2.05. The second kappa shape index (κ2) is 6.53. The fraction of sp³-hybridized carbons (Fsp3) is 0.250. The third kappa shape index (κ3) is 4.07. The van der Waals surface area contributed by atoms with Gasteiger partial charge in [-0.15, -0.1) is 0 Å². The van der Waals surface area contributed by atoms with Gasteiger partial charge in [0, 0.05) is 28.9 Å². The summed E-state index contributed by atoms with van der Waals surface area (Å²) in [7, 11) is 0. The first kappa shape index (κ1) is 14.5. The molecule has 0 radical (unpaired) electrons. The van der Waals surface area contributed by atoms with E-state index >= 15 is 0 Å². The summed E-state index contributed by atoms with van der Waals surface area (Å²) in [6, 6.07) is 12.7. The van der Waals surface area contributed by atoms with Crippen LogP contribution in [0.2, 0.25) is 5.02 Å². The summed E-state index contributed by atoms with van der Waals surface area (Å²) in [5.41, 5.74) is 1.69. The van der Waals surface area contributed by atoms with Gasteiger partial charge in [-0.05, 0) is 44.2 Å². The predicted octanol–water partition coefficient (Wildman–Crippen LogP) is 4.44. The number of aromatic hydroxyl groups is 1. The average molecular weight is 292 g/mol. The van der Waals surface area contributed by atoms with Crippen molar-refractivity contribution in [2.45, 2.75) is 26.5 Å². The molecular weight excluding hydrogens is 274 g/mol. The average Bonchev–Trinajstić information content (AvgIpc) is 2.39. The summed E-state index contributed by atoms with van der Waals surface area (Å²) < 4.78 is 5.64. The zero-order chi connectivity index (χ0) is 14.5. The van der Waals surface area contributed by atoms with Crippen LogP contribution in [-0.2, 0) is 6.54 Å². The number of phenols is 1. The number of halogens is 1. The van der Waals surface area contributed by atoms with Gasteiger partial charge < -0.3 is 15.2 Å². The van der Waals surface area contributed by atoms with E-state index in [1.165, 1.54) is 0 Å². The van der Waals surface area contributed by atoms with Crippen molar-refractivity contribution in [1.82, 2.24) is 0 Å². The molecule has 0 saturated heterocycles. The second-order valence-corrected chi connectivity index (χ2v) is 5.26. The van der Waals surface area contributed by atoms with Crippen LogP contribution in [0.1, 0.15) is 19.4 Å². The highest BCUT2D eigenvalue weighted by Gasteiger charge is 2.03. The quantitative estimate of drug-likeness (QED) is 0.855. The molecule has 4 heteroatoms. The van der Waals surface area contributed by atoms with Gasteiger partial charge in [0.05, 0.1) is 6.10 Å². The smallest absolute Gasteiger partial charge is 0.121 e. The fourth-order valence-corrected chi connectivity index (χ4v) is 2.04. The number of hydrogen-bond donors (Lipinski definition) is 2. The van der Waals surface area contributed by atoms with Crippen LogP contribution >= 0.6 is 11.6 Å². The van der Waals surface area contributed by atoms with Crippen molar-refractivity contribution in [3.05, 3.63) is 53.1 Å². The molecule has 0 atom stereocenters. The SMILES string of the molecule is CC(C)Oc1cccc(NCc2cc(Cl)ccc2O)c1. The predicted molar refractivity (Wildman–Crippen MR) is 82.6 cm³/mol. The Bertz CT molecular complexity index is 584. The molecule has 0 saturated carbocycles. The summed E-state index contributed by atoms with van der Waals surface area (Å²) in [4.78, 5) is 0. The van der Waals surface area contributed by atoms with Crippen LogP contribution in [-0.4, -0.2) is 11.2 Å². The highest BCUT2D eigenvalue weighted by molar-refractivity contribution is 6.30. The van der Waals surface area contributed by atoms with E-state index in [4.69, 9.17) is 16.3 Å². The van der Waals surface area contributed by atoms with Crippen molar-refractivity contribution in [1.29, 1.82) is 0 Å². The van der Waals surface area contributed by atoms with Crippen molar-refractivity contribution >= 4 is 17.3 Å². The molecule has 2 rings (SSSR count). The van der Waals surface area contributed by atoms with Gasteiger partial charge in [-0.25, -0.2) is 0 Å². The molecule has 0 aliphatic heterocycles. The lowest BCUT2D eigenvalue weighted by Crippen LogP contribution is -2.06. The van der Waals surface area contributed by atoms with Gasteiger partial charge >= 0.3 is 0 Å². The highest BCUT2D eigenvalue weighted by atomic mass is 35.5. The maximum Gasteiger partial charge on any atom is 0.121 e. The maximum absolute atomic E-state index is 9.76. The van der Waals surface area contributed by atoms with Crippen molar-refractivity contribution in [2.24, 2.45) is 0 Å². The molecule has 0 aliphatic carbocycles. The molecular formula is C16H18ClNO2. The van der Waals surface area contributed by atoms with Gasteiger partial charge in [0.25, 0.3) is 0 Å². The van der Waals surface area contributed by atoms with Crippen LogP contribution in [0.15, 0.2) is 42.5 Å². The van der Waals surface area contributed by atoms with Crippen LogP contribution in [0.5, 0.6) is 11.5 Å². The molecule has 2 aromatic rings. The summed E-state index contributed by atoms with van der Waals surface area (Å²) in [6.45, 7) is 4.48. The van der Waals surface area contributed by atoms with E-state index in [-0.39, 0.29) is 11.9 Å². The Morgan fingerprint density at radius 2 is 2.00 bits per heavy atom. The second-order valence-electron chi connectivity index (χ2n) is 4.82. The van der Waals surface area contributed by atoms with Gasteiger partial charge in [-0.1, -0.05) is 17.7 Å². The molecule has 2 aromatic carbocycles. The van der Waals surface area contributed by atoms with Crippen LogP contribution in [0.4, 0.5) is 5.69 Å². The lowest BCUT2D eigenvalue weighted by atomic mass is 10.2. The van der Waals surface area contributed by atoms with Crippen LogP contribution in [0.3, 0.4) is 0 Å². The Hall–Kier alpha value is -1.87. The van der Waals surface area contributed by atoms with Crippen molar-refractivity contribution < 1.29 is 9.84 Å². The van der Waals surface area contributed by atoms with Crippen molar-refractivity contribution in [3.63, 3.8) is 0 Å². The van der Waals surface area contributed by atoms with Crippen LogP contribution < -0.4 is 10.1 Å². The number of ether oxygens (including phenoxy) is 1. The number of anilines is 1. The molecule has 106 valence electrons. The standard InChI is InChI=1S/C16H18ClNO2/c1-11(2)20-15-5-3-4-14(9-15)18-10-12-8-13(17)6-7-16(12)19/h3-9,11,18-19H,10H2,1-2H3. The zero-order valence-electron chi connectivity index (χ0n) is 11.6. The fourth-order valence-electron chi connectivity index (χ4n) is 1.84. The molecule has 0 aliphatic rings. The lowest BCUT2D eigenvalue weighted by molar-refractivity contribution is 0.242. The Kier molecular flexibility index (Phi) is 4.74. The molecule has 0 bridgehead atoms. The van der Waals surface area contributed by atoms with Crippen molar-refractivity contribution in [3.8, 4) is 11.5 Å². The first-order chi connectivity index (χ1) is 9.54. The molecule has 0 fully saturated rings. The van der Waals surface area contributed by atoms with Crippen LogP contribution in [0, 0.1) is 0 Å². The molecule has 3 nitrogen and oxygen atoms in total. The minimum atomic E-state index is 0.141. The van der Waals surface area contributed by atoms with Crippen molar-refractivity contribution in [2.75, 3.05) is 5.32 Å². The molecule has 20 heavy (non-hydrogen) atoms. The van der Waals surface area contributed by atoms with E-state index < -0.39 is 0 Å². The summed E-state index contributed by atoms with van der Waals surface area (Å²) in [5.74, 6) is 1.05. The Morgan fingerprint density at radius 3 is 2.75 bits per heavy atom. The molecule has 0 unspecified atom stereocenters. The van der Waals surface area contributed by atoms with Gasteiger partial charge in [0.2, 0.25) is 0 Å². The van der Waals surface area contributed by atoms with Gasteiger partial charge in [-0.2, -0.15) is 0 Å². The normalized spacial score (nSPS) is 10.6. The van der Waals surface area contributed by atoms with E-state index in [1.54, 1.807) is 18.2 Å². The van der Waals surface area contributed by atoms with E-state index in [0.29, 0.717) is 11.6 Å². The first-order valence-electron chi connectivity index (χ1n) is 6.52. The number of hydrogen-bond acceptors (Lipinski definition) is 3. The van der Waals surface area contributed by atoms with E-state index in [2.05, 4.69) is 5.32 Å². The molecule has 0 heterocycles. The van der Waals surface area contributed by atoms with E-state index in [0.717, 1.165) is 17.0 Å². The minimum absolute atomic E-state index is 0.141. The summed E-state index contributed by atoms with van der Waals surface area (Å²) >= 11 is 5.92. The first-order valence-corrected chi connectivity index (χ1v) is 6.90. The monoisotopic (exact) mass is 291 g/mol. The van der Waals surface area contributed by atoms with Crippen LogP contribution in [0.25, 0.3) is 0 Å². The lowest BCUT2D eigenvalue weighted by Gasteiger charge is -2.12. The number of nitrogens with one attached hydrogen (secondary N) is 1. The molecule has 0 aromatic heterocycles. The van der Waals surface area contributed by atoms with Gasteiger partial charge in [0.1, 0.15) is 11.5 Å². The maximum atomic E-state index is 9.76. The van der Waals surface area contributed by atoms with Gasteiger partial charge in [0.15, 0.2) is 0 Å². The van der Waals surface area contributed by atoms with Gasteiger partial charge in [-0.3, -0.25) is 0 Å². The number of phenolic OH excluding ortho intramolecular Hbond substituents is 1. The molecule has 0 spiro atoms. The van der Waals surface area contributed by atoms with E-state index in [9.17, 15) is 5.11 Å². The number of benzene rings is 2. The molecule has 0 amide bonds. The number of rotatable bonds is 5. The topological polar surface area (TPSA) is 41.5 Å². The third-order valence-corrected chi connectivity index (χ3v) is 2.97. The minimum Gasteiger partial charge on any atom is -0.508 e. The third-order valence-electron chi connectivity index (χ3n) is 2.73. The zero-order valence-corrected chi connectivity index (χ0v) is 12.3.